The van der Waals surface area contributed by atoms with Crippen LogP contribution in [-0.2, 0) is 14.3 Å². The average molecular weight is 408 g/mol. The van der Waals surface area contributed by atoms with Crippen molar-refractivity contribution in [1.29, 1.82) is 0 Å². The molecule has 0 aliphatic carbocycles. The molecule has 0 aromatic heterocycles. The molecule has 1 aromatic carbocycles. The molecule has 0 saturated carbocycles. The van der Waals surface area contributed by atoms with Crippen molar-refractivity contribution in [3.8, 4) is 5.75 Å². The first kappa shape index (κ1) is 19.2. The van der Waals surface area contributed by atoms with Crippen LogP contribution in [0.15, 0.2) is 48.0 Å². The van der Waals surface area contributed by atoms with Crippen LogP contribution in [0.1, 0.15) is 19.8 Å². The van der Waals surface area contributed by atoms with E-state index in [1.807, 2.05) is 12.1 Å². The number of hydrogen-bond acceptors (Lipinski definition) is 4. The van der Waals surface area contributed by atoms with Crippen molar-refractivity contribution in [2.45, 2.75) is 31.9 Å². The number of anilines is 1. The highest BCUT2D eigenvalue weighted by molar-refractivity contribution is 9.11. The van der Waals surface area contributed by atoms with Gasteiger partial charge in [-0.15, -0.1) is 6.58 Å². The third-order valence-corrected chi connectivity index (χ3v) is 4.48. The lowest BCUT2D eigenvalue weighted by atomic mass is 9.79. The highest BCUT2D eigenvalue weighted by atomic mass is 79.9. The molecule has 0 unspecified atom stereocenters. The van der Waals surface area contributed by atoms with Gasteiger partial charge >= 0.3 is 5.97 Å². The van der Waals surface area contributed by atoms with E-state index in [2.05, 4.69) is 29.1 Å². The van der Waals surface area contributed by atoms with Gasteiger partial charge in [0.25, 0.3) is 0 Å². The third-order valence-electron chi connectivity index (χ3n) is 4.16. The van der Waals surface area contributed by atoms with Crippen LogP contribution >= 0.6 is 15.9 Å². The van der Waals surface area contributed by atoms with Gasteiger partial charge in [0.1, 0.15) is 11.9 Å². The van der Waals surface area contributed by atoms with E-state index in [9.17, 15) is 9.59 Å². The van der Waals surface area contributed by atoms with Crippen molar-refractivity contribution in [2.75, 3.05) is 12.0 Å². The first-order valence-electron chi connectivity index (χ1n) is 7.97. The summed E-state index contributed by atoms with van der Waals surface area (Å²) < 4.78 is 11.4. The number of hydrogen-bond donors (Lipinski definition) is 0. The molecule has 2 rings (SSSR count). The number of ether oxygens (including phenoxy) is 2. The normalized spacial score (nSPS) is 20.4. The Hall–Kier alpha value is -2.08. The molecule has 1 saturated heterocycles. The fourth-order valence-electron chi connectivity index (χ4n) is 3.12. The Balaban J connectivity index is 2.34. The van der Waals surface area contributed by atoms with Gasteiger partial charge in [-0.3, -0.25) is 9.59 Å². The van der Waals surface area contributed by atoms with E-state index in [0.717, 1.165) is 5.69 Å². The van der Waals surface area contributed by atoms with Crippen LogP contribution < -0.4 is 9.64 Å². The Labute approximate surface area is 156 Å². The molecule has 0 spiro atoms. The van der Waals surface area contributed by atoms with Crippen LogP contribution in [-0.4, -0.2) is 31.1 Å². The predicted molar refractivity (Wildman–Crippen MR) is 101 cm³/mol. The summed E-state index contributed by atoms with van der Waals surface area (Å²) in [5.41, 5.74) is 0.744. The van der Waals surface area contributed by atoms with E-state index in [4.69, 9.17) is 9.47 Å². The number of carbonyl (C=O) groups excluding carboxylic acids is 2. The molecule has 1 heterocycles. The topological polar surface area (TPSA) is 55.8 Å². The summed E-state index contributed by atoms with van der Waals surface area (Å²) in [5, 5.41) is 0. The summed E-state index contributed by atoms with van der Waals surface area (Å²) in [6, 6.07) is 6.97. The maximum absolute atomic E-state index is 12.7. The van der Waals surface area contributed by atoms with Crippen molar-refractivity contribution in [3.05, 3.63) is 48.0 Å². The quantitative estimate of drug-likeness (QED) is 0.373. The van der Waals surface area contributed by atoms with Crippen molar-refractivity contribution in [1.82, 2.24) is 0 Å². The van der Waals surface area contributed by atoms with Crippen molar-refractivity contribution < 1.29 is 19.1 Å². The van der Waals surface area contributed by atoms with Crippen LogP contribution in [0.2, 0.25) is 0 Å². The maximum atomic E-state index is 12.7. The molecule has 0 N–H and O–H groups in total. The number of methoxy groups -OCH3 is 1. The lowest BCUT2D eigenvalue weighted by molar-refractivity contribution is -0.153. The molecule has 25 heavy (non-hydrogen) atoms. The Morgan fingerprint density at radius 2 is 2.04 bits per heavy atom. The minimum absolute atomic E-state index is 0.00703. The second kappa shape index (κ2) is 8.34. The fourth-order valence-corrected chi connectivity index (χ4v) is 3.44. The standard InChI is InChI=1S/C19H22BrNO4/c1-5-6-16-18(17(11-12(2)20)25-13(3)22)21(19(16)23)14-7-9-15(24-4)10-8-14/h5,7-10,16-18H,1-2,6,11H2,3-4H3/t16-,17-,18-/m1/s1. The lowest BCUT2D eigenvalue weighted by Gasteiger charge is -2.50. The number of amides is 1. The van der Waals surface area contributed by atoms with Gasteiger partial charge in [-0.2, -0.15) is 0 Å². The first-order chi connectivity index (χ1) is 11.9. The molecular weight excluding hydrogens is 386 g/mol. The number of allylic oxidation sites excluding steroid dienone is 1. The molecule has 1 aliphatic rings. The van der Waals surface area contributed by atoms with E-state index in [1.54, 1.807) is 30.2 Å². The molecule has 5 nitrogen and oxygen atoms in total. The summed E-state index contributed by atoms with van der Waals surface area (Å²) in [6.45, 7) is 8.94. The Morgan fingerprint density at radius 1 is 1.40 bits per heavy atom. The largest absolute Gasteiger partial charge is 0.497 e. The van der Waals surface area contributed by atoms with Crippen LogP contribution in [0.4, 0.5) is 5.69 Å². The number of nitrogens with zero attached hydrogens (tertiary/aromatic N) is 1. The van der Waals surface area contributed by atoms with Crippen molar-refractivity contribution in [3.63, 3.8) is 0 Å². The van der Waals surface area contributed by atoms with E-state index < -0.39 is 6.10 Å². The van der Waals surface area contributed by atoms with E-state index in [-0.39, 0.29) is 23.8 Å². The summed E-state index contributed by atoms with van der Waals surface area (Å²) >= 11 is 3.33. The van der Waals surface area contributed by atoms with Crippen LogP contribution in [0, 0.1) is 5.92 Å². The molecule has 1 fully saturated rings. The first-order valence-corrected chi connectivity index (χ1v) is 8.76. The molecule has 134 valence electrons. The second-order valence-electron chi connectivity index (χ2n) is 5.90. The highest BCUT2D eigenvalue weighted by Gasteiger charge is 2.52. The molecule has 1 amide bonds. The molecule has 1 aromatic rings. The van der Waals surface area contributed by atoms with Crippen molar-refractivity contribution in [2.24, 2.45) is 5.92 Å². The van der Waals surface area contributed by atoms with Gasteiger partial charge in [-0.25, -0.2) is 0 Å². The number of carbonyl (C=O) groups is 2. The van der Waals surface area contributed by atoms with Crippen LogP contribution in [0.5, 0.6) is 5.75 Å². The monoisotopic (exact) mass is 407 g/mol. The summed E-state index contributed by atoms with van der Waals surface area (Å²) in [5.74, 6) is 0.0506. The zero-order valence-electron chi connectivity index (χ0n) is 14.4. The predicted octanol–water partition coefficient (Wildman–Crippen LogP) is 3.83. The molecule has 1 aliphatic heterocycles. The van der Waals surface area contributed by atoms with Gasteiger partial charge in [0.15, 0.2) is 0 Å². The van der Waals surface area contributed by atoms with Crippen LogP contribution in [0.25, 0.3) is 0 Å². The van der Waals surface area contributed by atoms with E-state index in [0.29, 0.717) is 23.1 Å². The van der Waals surface area contributed by atoms with Crippen molar-refractivity contribution >= 4 is 33.5 Å². The Morgan fingerprint density at radius 3 is 2.52 bits per heavy atom. The zero-order valence-corrected chi connectivity index (χ0v) is 16.0. The van der Waals surface area contributed by atoms with Gasteiger partial charge < -0.3 is 14.4 Å². The minimum atomic E-state index is -0.478. The Kier molecular flexibility index (Phi) is 6.42. The number of halogens is 1. The van der Waals surface area contributed by atoms with Gasteiger partial charge in [0.2, 0.25) is 5.91 Å². The van der Waals surface area contributed by atoms with Gasteiger partial charge in [0, 0.05) is 19.0 Å². The number of benzene rings is 1. The zero-order chi connectivity index (χ0) is 18.6. The Bertz CT molecular complexity index is 655. The molecule has 6 heteroatoms. The SMILES string of the molecule is C=CC[C@H]1C(=O)N(c2ccc(OC)cc2)[C@H]1[C@@H](CC(=C)Br)OC(C)=O. The average Bonchev–Trinajstić information content (AvgIpc) is 2.56. The third kappa shape index (κ3) is 4.31. The van der Waals surface area contributed by atoms with Gasteiger partial charge in [-0.1, -0.05) is 28.6 Å². The second-order valence-corrected chi connectivity index (χ2v) is 7.02. The van der Waals surface area contributed by atoms with E-state index >= 15 is 0 Å². The van der Waals surface area contributed by atoms with E-state index in [1.165, 1.54) is 6.92 Å². The maximum Gasteiger partial charge on any atom is 0.302 e. The number of esters is 1. The van der Waals surface area contributed by atoms with Crippen LogP contribution in [0.3, 0.4) is 0 Å². The number of β-lactam (4-membered cyclic amide) rings is 1. The molecular formula is C19H22BrNO4. The van der Waals surface area contributed by atoms with Gasteiger partial charge in [0.05, 0.1) is 19.1 Å². The summed E-state index contributed by atoms with van der Waals surface area (Å²) in [6.07, 6.45) is 2.20. The molecule has 0 radical (unpaired) electrons. The summed E-state index contributed by atoms with van der Waals surface area (Å²) in [7, 11) is 1.59. The minimum Gasteiger partial charge on any atom is -0.497 e. The smallest absolute Gasteiger partial charge is 0.302 e. The summed E-state index contributed by atoms with van der Waals surface area (Å²) in [4.78, 5) is 25.9. The molecule has 3 atom stereocenters. The van der Waals surface area contributed by atoms with Gasteiger partial charge in [-0.05, 0) is 35.2 Å². The fraction of sp³-hybridized carbons (Fsp3) is 0.368. The lowest BCUT2D eigenvalue weighted by Crippen LogP contribution is -2.66. The highest BCUT2D eigenvalue weighted by Crippen LogP contribution is 2.40. The molecule has 0 bridgehead atoms. The number of rotatable bonds is 8.